The number of rotatable bonds is 6. The molecular weight excluding hydrogens is 300 g/mol. The molecular formula is C16H14N2O5. The summed E-state index contributed by atoms with van der Waals surface area (Å²) in [6, 6.07) is 13.2. The zero-order chi connectivity index (χ0) is 16.2. The summed E-state index contributed by atoms with van der Waals surface area (Å²) in [6.45, 7) is 0.812. The first-order valence-electron chi connectivity index (χ1n) is 7.03. The van der Waals surface area contributed by atoms with Gasteiger partial charge in [-0.1, -0.05) is 24.3 Å². The molecule has 1 heterocycles. The lowest BCUT2D eigenvalue weighted by molar-refractivity contribution is -0.386. The largest absolute Gasteiger partial charge is 0.484 e. The van der Waals surface area contributed by atoms with Crippen LogP contribution in [0.4, 0.5) is 11.4 Å². The first-order valence-corrected chi connectivity index (χ1v) is 7.03. The van der Waals surface area contributed by atoms with Crippen molar-refractivity contribution in [3.63, 3.8) is 0 Å². The molecule has 3 rings (SSSR count). The summed E-state index contributed by atoms with van der Waals surface area (Å²) in [7, 11) is 0. The van der Waals surface area contributed by atoms with E-state index in [1.54, 1.807) is 30.3 Å². The fraction of sp³-hybridized carbons (Fsp3) is 0.188. The highest BCUT2D eigenvalue weighted by molar-refractivity contribution is 6.07. The van der Waals surface area contributed by atoms with E-state index >= 15 is 0 Å². The lowest BCUT2D eigenvalue weighted by Crippen LogP contribution is -2.15. The van der Waals surface area contributed by atoms with Gasteiger partial charge in [-0.25, -0.2) is 0 Å². The molecule has 1 amide bonds. The lowest BCUT2D eigenvalue weighted by Gasteiger charge is -2.09. The number of anilines is 1. The summed E-state index contributed by atoms with van der Waals surface area (Å²) in [5.74, 6) is -0.498. The Bertz CT molecular complexity index is 729. The molecule has 0 aliphatic carbocycles. The normalized spacial score (nSPS) is 15.7. The molecule has 1 unspecified atom stereocenters. The van der Waals surface area contributed by atoms with E-state index in [2.05, 4.69) is 5.32 Å². The van der Waals surface area contributed by atoms with Crippen LogP contribution in [0.25, 0.3) is 0 Å². The Morgan fingerprint density at radius 3 is 2.65 bits per heavy atom. The summed E-state index contributed by atoms with van der Waals surface area (Å²) in [5, 5.41) is 14.0. The van der Waals surface area contributed by atoms with Gasteiger partial charge in [0, 0.05) is 5.69 Å². The molecule has 0 radical (unpaired) electrons. The van der Waals surface area contributed by atoms with E-state index in [1.807, 2.05) is 6.07 Å². The van der Waals surface area contributed by atoms with E-state index in [0.29, 0.717) is 12.3 Å². The molecule has 2 aromatic carbocycles. The van der Waals surface area contributed by atoms with E-state index in [4.69, 9.17) is 9.47 Å². The van der Waals surface area contributed by atoms with Crippen molar-refractivity contribution >= 4 is 17.3 Å². The topological polar surface area (TPSA) is 94.0 Å². The van der Waals surface area contributed by atoms with Crippen LogP contribution in [0.5, 0.6) is 5.75 Å². The minimum atomic E-state index is -0.608. The molecule has 1 aliphatic heterocycles. The van der Waals surface area contributed by atoms with Crippen molar-refractivity contribution in [1.82, 2.24) is 0 Å². The average Bonchev–Trinajstić information content (AvgIpc) is 3.37. The maximum Gasteiger partial charge on any atom is 0.323 e. The third-order valence-corrected chi connectivity index (χ3v) is 3.28. The Morgan fingerprint density at radius 1 is 1.26 bits per heavy atom. The van der Waals surface area contributed by atoms with E-state index in [-0.39, 0.29) is 29.7 Å². The Balaban J connectivity index is 1.86. The van der Waals surface area contributed by atoms with Crippen LogP contribution < -0.4 is 10.1 Å². The second kappa shape index (κ2) is 6.45. The first-order chi connectivity index (χ1) is 11.1. The van der Waals surface area contributed by atoms with Crippen LogP contribution in [0, 0.1) is 10.1 Å². The molecule has 7 heteroatoms. The molecule has 0 saturated carbocycles. The Kier molecular flexibility index (Phi) is 4.20. The SMILES string of the molecule is O=C(Nc1ccccc1)c1cccc(OCC2CO2)c1[N+](=O)[O-]. The molecule has 23 heavy (non-hydrogen) atoms. The molecule has 1 fully saturated rings. The standard InChI is InChI=1S/C16H14N2O5/c19-16(17-11-5-2-1-3-6-11)13-7-4-8-14(15(13)18(20)21)23-10-12-9-22-12/h1-8,12H,9-10H2,(H,17,19). The highest BCUT2D eigenvalue weighted by Gasteiger charge is 2.28. The number of epoxide rings is 1. The fourth-order valence-electron chi connectivity index (χ4n) is 2.08. The molecule has 7 nitrogen and oxygen atoms in total. The molecule has 0 bridgehead atoms. The molecule has 1 N–H and O–H groups in total. The smallest absolute Gasteiger partial charge is 0.323 e. The van der Waals surface area contributed by atoms with Crippen molar-refractivity contribution in [2.75, 3.05) is 18.5 Å². The summed E-state index contributed by atoms with van der Waals surface area (Å²) in [6.07, 6.45) is -0.0311. The number of ether oxygens (including phenoxy) is 2. The third-order valence-electron chi connectivity index (χ3n) is 3.28. The number of carbonyl (C=O) groups is 1. The number of nitro groups is 1. The molecule has 0 spiro atoms. The van der Waals surface area contributed by atoms with Crippen molar-refractivity contribution in [3.05, 3.63) is 64.2 Å². The molecule has 2 aromatic rings. The van der Waals surface area contributed by atoms with Gasteiger partial charge in [-0.15, -0.1) is 0 Å². The predicted molar refractivity (Wildman–Crippen MR) is 82.7 cm³/mol. The number of benzene rings is 2. The summed E-state index contributed by atoms with van der Waals surface area (Å²) in [4.78, 5) is 23.1. The van der Waals surface area contributed by atoms with Gasteiger partial charge >= 0.3 is 5.69 Å². The third kappa shape index (κ3) is 3.64. The Morgan fingerprint density at radius 2 is 2.00 bits per heavy atom. The zero-order valence-corrected chi connectivity index (χ0v) is 12.1. The molecule has 1 atom stereocenters. The van der Waals surface area contributed by atoms with E-state index in [9.17, 15) is 14.9 Å². The number of amides is 1. The second-order valence-electron chi connectivity index (χ2n) is 5.00. The fourth-order valence-corrected chi connectivity index (χ4v) is 2.08. The van der Waals surface area contributed by atoms with Gasteiger partial charge in [0.25, 0.3) is 5.91 Å². The van der Waals surface area contributed by atoms with Crippen LogP contribution >= 0.6 is 0 Å². The van der Waals surface area contributed by atoms with Crippen LogP contribution in [-0.4, -0.2) is 30.1 Å². The van der Waals surface area contributed by atoms with E-state index < -0.39 is 10.8 Å². The zero-order valence-electron chi connectivity index (χ0n) is 12.1. The average molecular weight is 314 g/mol. The number of hydrogen-bond acceptors (Lipinski definition) is 5. The Labute approximate surface area is 132 Å². The van der Waals surface area contributed by atoms with Gasteiger partial charge in [0.2, 0.25) is 0 Å². The predicted octanol–water partition coefficient (Wildman–Crippen LogP) is 2.62. The quantitative estimate of drug-likeness (QED) is 0.502. The minimum absolute atomic E-state index is 0.0311. The van der Waals surface area contributed by atoms with Crippen LogP contribution in [0.1, 0.15) is 10.4 Å². The Hall–Kier alpha value is -2.93. The van der Waals surface area contributed by atoms with Gasteiger partial charge in [-0.3, -0.25) is 14.9 Å². The van der Waals surface area contributed by atoms with Crippen molar-refractivity contribution in [3.8, 4) is 5.75 Å². The maximum absolute atomic E-state index is 12.3. The number of hydrogen-bond donors (Lipinski definition) is 1. The molecule has 1 aliphatic rings. The first kappa shape index (κ1) is 15.0. The van der Waals surface area contributed by atoms with E-state index in [1.165, 1.54) is 12.1 Å². The number of para-hydroxylation sites is 2. The lowest BCUT2D eigenvalue weighted by atomic mass is 10.1. The van der Waals surface area contributed by atoms with E-state index in [0.717, 1.165) is 0 Å². The van der Waals surface area contributed by atoms with Crippen LogP contribution in [-0.2, 0) is 4.74 Å². The number of carbonyl (C=O) groups excluding carboxylic acids is 1. The number of nitrogens with one attached hydrogen (secondary N) is 1. The highest BCUT2D eigenvalue weighted by Crippen LogP contribution is 2.32. The van der Waals surface area contributed by atoms with Gasteiger partial charge < -0.3 is 14.8 Å². The highest BCUT2D eigenvalue weighted by atomic mass is 16.6. The monoisotopic (exact) mass is 314 g/mol. The van der Waals surface area contributed by atoms with Gasteiger partial charge in [-0.05, 0) is 24.3 Å². The summed E-state index contributed by atoms with van der Waals surface area (Å²) >= 11 is 0. The summed E-state index contributed by atoms with van der Waals surface area (Å²) < 4.78 is 10.4. The van der Waals surface area contributed by atoms with Gasteiger partial charge in [0.05, 0.1) is 11.5 Å². The van der Waals surface area contributed by atoms with Crippen molar-refractivity contribution < 1.29 is 19.2 Å². The van der Waals surface area contributed by atoms with Crippen molar-refractivity contribution in [2.45, 2.75) is 6.10 Å². The van der Waals surface area contributed by atoms with Gasteiger partial charge in [0.15, 0.2) is 5.75 Å². The molecule has 118 valence electrons. The number of nitro benzene ring substituents is 1. The van der Waals surface area contributed by atoms with Gasteiger partial charge in [-0.2, -0.15) is 0 Å². The van der Waals surface area contributed by atoms with Gasteiger partial charge in [0.1, 0.15) is 18.3 Å². The second-order valence-corrected chi connectivity index (χ2v) is 5.00. The molecule has 1 saturated heterocycles. The minimum Gasteiger partial charge on any atom is -0.484 e. The maximum atomic E-state index is 12.3. The van der Waals surface area contributed by atoms with Crippen molar-refractivity contribution in [2.24, 2.45) is 0 Å². The molecule has 0 aromatic heterocycles. The van der Waals surface area contributed by atoms with Crippen LogP contribution in [0.3, 0.4) is 0 Å². The summed E-state index contributed by atoms with van der Waals surface area (Å²) in [5.41, 5.74) is 0.166. The van der Waals surface area contributed by atoms with Crippen LogP contribution in [0.2, 0.25) is 0 Å². The van der Waals surface area contributed by atoms with Crippen LogP contribution in [0.15, 0.2) is 48.5 Å². The number of nitrogens with zero attached hydrogens (tertiary/aromatic N) is 1. The van der Waals surface area contributed by atoms with Crippen molar-refractivity contribution in [1.29, 1.82) is 0 Å².